The second-order valence-corrected chi connectivity index (χ2v) is 4.77. The third-order valence-electron chi connectivity index (χ3n) is 3.90. The maximum Gasteiger partial charge on any atom is 0.124 e. The zero-order valence-corrected chi connectivity index (χ0v) is 9.43. The lowest BCUT2D eigenvalue weighted by molar-refractivity contribution is -0.113. The normalized spacial score (nSPS) is 39.5. The molecule has 0 radical (unpaired) electrons. The first-order valence-electron chi connectivity index (χ1n) is 6.17. The van der Waals surface area contributed by atoms with Crippen LogP contribution in [0.3, 0.4) is 0 Å². The van der Waals surface area contributed by atoms with Crippen molar-refractivity contribution in [1.29, 1.82) is 0 Å². The van der Waals surface area contributed by atoms with Crippen LogP contribution in [0, 0.1) is 23.7 Å². The Hall–Kier alpha value is -0.850. The van der Waals surface area contributed by atoms with Gasteiger partial charge in [0.15, 0.2) is 0 Å². The van der Waals surface area contributed by atoms with Crippen LogP contribution >= 0.6 is 0 Å². The van der Waals surface area contributed by atoms with E-state index in [1.165, 1.54) is 25.5 Å². The Morgan fingerprint density at radius 2 is 2.20 bits per heavy atom. The quantitative estimate of drug-likeness (QED) is 0.509. The molecule has 0 aliphatic heterocycles. The maximum atomic E-state index is 11.2. The Kier molecular flexibility index (Phi) is 3.40. The molecule has 0 aromatic heterocycles. The number of rotatable bonds is 3. The van der Waals surface area contributed by atoms with Crippen molar-refractivity contribution in [2.75, 3.05) is 0 Å². The summed E-state index contributed by atoms with van der Waals surface area (Å²) >= 11 is 0. The van der Waals surface area contributed by atoms with Gasteiger partial charge in [-0.2, -0.15) is 0 Å². The molecule has 4 atom stereocenters. The standard InChI is InChI=1S/C14H20O/c1-2-3-5-12-9-8-11-6-4-7-13(11)14(12)10-15/h3,5,8-14H,2,4,6-7H2,1H3/b5-3+/t11-,12+,13+,14+/m0/s1. The molecule has 2 aliphatic rings. The number of hydrogen-bond acceptors (Lipinski definition) is 1. The van der Waals surface area contributed by atoms with Crippen molar-refractivity contribution >= 4 is 6.29 Å². The summed E-state index contributed by atoms with van der Waals surface area (Å²) < 4.78 is 0. The first kappa shape index (κ1) is 10.7. The lowest BCUT2D eigenvalue weighted by atomic mass is 9.72. The summed E-state index contributed by atoms with van der Waals surface area (Å²) in [6.45, 7) is 2.14. The van der Waals surface area contributed by atoms with E-state index < -0.39 is 0 Å². The van der Waals surface area contributed by atoms with Gasteiger partial charge in [0.2, 0.25) is 0 Å². The number of hydrogen-bond donors (Lipinski definition) is 0. The van der Waals surface area contributed by atoms with Gasteiger partial charge < -0.3 is 4.79 Å². The second-order valence-electron chi connectivity index (χ2n) is 4.77. The molecular formula is C14H20O. The molecule has 2 rings (SSSR count). The molecule has 1 fully saturated rings. The molecule has 0 unspecified atom stereocenters. The molecule has 0 amide bonds. The van der Waals surface area contributed by atoms with Crippen LogP contribution < -0.4 is 0 Å². The summed E-state index contributed by atoms with van der Waals surface area (Å²) in [7, 11) is 0. The topological polar surface area (TPSA) is 17.1 Å². The second kappa shape index (κ2) is 4.78. The van der Waals surface area contributed by atoms with E-state index in [1.807, 2.05) is 0 Å². The van der Waals surface area contributed by atoms with E-state index in [0.29, 0.717) is 17.8 Å². The van der Waals surface area contributed by atoms with Crippen molar-refractivity contribution in [3.05, 3.63) is 24.3 Å². The third kappa shape index (κ3) is 2.06. The first-order chi connectivity index (χ1) is 7.36. The van der Waals surface area contributed by atoms with Crippen LogP contribution in [0.15, 0.2) is 24.3 Å². The van der Waals surface area contributed by atoms with Crippen molar-refractivity contribution in [1.82, 2.24) is 0 Å². The average molecular weight is 204 g/mol. The highest BCUT2D eigenvalue weighted by atomic mass is 16.1. The predicted octanol–water partition coefficient (Wildman–Crippen LogP) is 3.37. The number of carbonyl (C=O) groups excluding carboxylic acids is 1. The highest BCUT2D eigenvalue weighted by molar-refractivity contribution is 5.57. The molecule has 0 spiro atoms. The van der Waals surface area contributed by atoms with E-state index in [-0.39, 0.29) is 5.92 Å². The molecule has 82 valence electrons. The lowest BCUT2D eigenvalue weighted by Gasteiger charge is -2.31. The SMILES string of the molecule is CC/C=C/[C@@H]1C=C[C@@H]2CCC[C@H]2[C@@H]1C=O. The van der Waals surface area contributed by atoms with E-state index >= 15 is 0 Å². The van der Waals surface area contributed by atoms with Gasteiger partial charge >= 0.3 is 0 Å². The predicted molar refractivity (Wildman–Crippen MR) is 62.4 cm³/mol. The minimum Gasteiger partial charge on any atom is -0.303 e. The fourth-order valence-electron chi connectivity index (χ4n) is 3.10. The molecule has 0 aromatic rings. The van der Waals surface area contributed by atoms with Crippen LogP contribution in [0.25, 0.3) is 0 Å². The summed E-state index contributed by atoms with van der Waals surface area (Å²) in [6, 6.07) is 0. The highest BCUT2D eigenvalue weighted by Gasteiger charge is 2.37. The molecule has 2 aliphatic carbocycles. The van der Waals surface area contributed by atoms with Crippen LogP contribution in [0.2, 0.25) is 0 Å². The summed E-state index contributed by atoms with van der Waals surface area (Å²) in [5.74, 6) is 1.91. The number of allylic oxidation sites excluding steroid dienone is 4. The van der Waals surface area contributed by atoms with Gasteiger partial charge in [-0.3, -0.25) is 0 Å². The molecule has 15 heavy (non-hydrogen) atoms. The Morgan fingerprint density at radius 3 is 2.93 bits per heavy atom. The van der Waals surface area contributed by atoms with Crippen LogP contribution in [0.4, 0.5) is 0 Å². The molecule has 0 bridgehead atoms. The Morgan fingerprint density at radius 1 is 1.33 bits per heavy atom. The average Bonchev–Trinajstić information content (AvgIpc) is 2.73. The van der Waals surface area contributed by atoms with Crippen molar-refractivity contribution in [2.45, 2.75) is 32.6 Å². The Bertz CT molecular complexity index is 277. The van der Waals surface area contributed by atoms with Gasteiger partial charge in [0, 0.05) is 11.8 Å². The smallest absolute Gasteiger partial charge is 0.124 e. The van der Waals surface area contributed by atoms with Gasteiger partial charge in [-0.15, -0.1) is 0 Å². The monoisotopic (exact) mass is 204 g/mol. The van der Waals surface area contributed by atoms with Crippen molar-refractivity contribution in [3.63, 3.8) is 0 Å². The minimum atomic E-state index is 0.241. The number of fused-ring (bicyclic) bond motifs is 1. The molecule has 0 saturated heterocycles. The molecule has 1 heteroatoms. The third-order valence-corrected chi connectivity index (χ3v) is 3.90. The maximum absolute atomic E-state index is 11.2. The van der Waals surface area contributed by atoms with Gasteiger partial charge in [0.25, 0.3) is 0 Å². The van der Waals surface area contributed by atoms with Crippen molar-refractivity contribution in [3.8, 4) is 0 Å². The van der Waals surface area contributed by atoms with Gasteiger partial charge in [-0.25, -0.2) is 0 Å². The van der Waals surface area contributed by atoms with Crippen LogP contribution in [-0.2, 0) is 4.79 Å². The highest BCUT2D eigenvalue weighted by Crippen LogP contribution is 2.43. The van der Waals surface area contributed by atoms with E-state index in [2.05, 4.69) is 31.2 Å². The van der Waals surface area contributed by atoms with E-state index in [4.69, 9.17) is 0 Å². The molecule has 0 N–H and O–H groups in total. The van der Waals surface area contributed by atoms with E-state index in [9.17, 15) is 4.79 Å². The molecule has 1 nitrogen and oxygen atoms in total. The lowest BCUT2D eigenvalue weighted by Crippen LogP contribution is -2.28. The molecule has 0 aromatic carbocycles. The van der Waals surface area contributed by atoms with Crippen LogP contribution in [0.1, 0.15) is 32.6 Å². The molecule has 0 heterocycles. The fraction of sp³-hybridized carbons (Fsp3) is 0.643. The summed E-state index contributed by atoms with van der Waals surface area (Å²) in [6.07, 6.45) is 15.1. The zero-order valence-electron chi connectivity index (χ0n) is 9.43. The largest absolute Gasteiger partial charge is 0.303 e. The Labute approximate surface area is 92.3 Å². The van der Waals surface area contributed by atoms with E-state index in [0.717, 1.165) is 6.42 Å². The van der Waals surface area contributed by atoms with Gasteiger partial charge in [-0.05, 0) is 31.1 Å². The van der Waals surface area contributed by atoms with E-state index in [1.54, 1.807) is 0 Å². The summed E-state index contributed by atoms with van der Waals surface area (Å²) in [5, 5.41) is 0. The number of aldehydes is 1. The summed E-state index contributed by atoms with van der Waals surface area (Å²) in [4.78, 5) is 11.2. The van der Waals surface area contributed by atoms with Crippen LogP contribution in [-0.4, -0.2) is 6.29 Å². The van der Waals surface area contributed by atoms with Crippen LogP contribution in [0.5, 0.6) is 0 Å². The van der Waals surface area contributed by atoms with Crippen molar-refractivity contribution < 1.29 is 4.79 Å². The Balaban J connectivity index is 2.15. The summed E-state index contributed by atoms with van der Waals surface area (Å²) in [5.41, 5.74) is 0. The molecule has 1 saturated carbocycles. The molecular weight excluding hydrogens is 184 g/mol. The minimum absolute atomic E-state index is 0.241. The van der Waals surface area contributed by atoms with Gasteiger partial charge in [-0.1, -0.05) is 37.6 Å². The van der Waals surface area contributed by atoms with Crippen molar-refractivity contribution in [2.24, 2.45) is 23.7 Å². The number of carbonyl (C=O) groups is 1. The zero-order chi connectivity index (χ0) is 10.7. The fourth-order valence-corrected chi connectivity index (χ4v) is 3.10. The van der Waals surface area contributed by atoms with Gasteiger partial charge in [0.1, 0.15) is 6.29 Å². The van der Waals surface area contributed by atoms with Gasteiger partial charge in [0.05, 0.1) is 0 Å². The first-order valence-corrected chi connectivity index (χ1v) is 6.17.